The highest BCUT2D eigenvalue weighted by Crippen LogP contribution is 2.30. The molecule has 9 heteroatoms. The molecule has 3 N–H and O–H groups in total. The number of nitrogens with zero attached hydrogens (tertiary/aromatic N) is 4. The van der Waals surface area contributed by atoms with Gasteiger partial charge < -0.3 is 11.1 Å². The van der Waals surface area contributed by atoms with Crippen molar-refractivity contribution < 1.29 is 4.79 Å². The molecule has 4 rings (SSSR count). The maximum absolute atomic E-state index is 11.9. The van der Waals surface area contributed by atoms with E-state index in [1.54, 1.807) is 24.4 Å². The summed E-state index contributed by atoms with van der Waals surface area (Å²) in [4.78, 5) is 11.9. The van der Waals surface area contributed by atoms with Gasteiger partial charge in [-0.15, -0.1) is 0 Å². The molecule has 0 bridgehead atoms. The van der Waals surface area contributed by atoms with Crippen LogP contribution in [0.25, 0.3) is 11.4 Å². The van der Waals surface area contributed by atoms with Gasteiger partial charge in [0.15, 0.2) is 5.69 Å². The number of amides is 1. The molecule has 2 aromatic heterocycles. The van der Waals surface area contributed by atoms with E-state index in [0.717, 1.165) is 23.5 Å². The number of aromatic nitrogens is 4. The number of hydrogen-bond acceptors (Lipinski definition) is 4. The maximum atomic E-state index is 11.9. The summed E-state index contributed by atoms with van der Waals surface area (Å²) in [7, 11) is 0. The Morgan fingerprint density at radius 3 is 2.33 bits per heavy atom. The summed E-state index contributed by atoms with van der Waals surface area (Å²) in [6, 6.07) is 14.7. The van der Waals surface area contributed by atoms with Gasteiger partial charge in [0.1, 0.15) is 5.69 Å². The van der Waals surface area contributed by atoms with Gasteiger partial charge >= 0.3 is 0 Å². The topological polar surface area (TPSA) is 90.8 Å². The second-order valence-electron chi connectivity index (χ2n) is 6.55. The molecule has 0 atom stereocenters. The van der Waals surface area contributed by atoms with Crippen LogP contribution in [0.4, 0.5) is 11.4 Å². The SMILES string of the molecule is CCc1ccn(-c2ccc(Nc3cn(-c4c(Cl)cccc4Cl)nc3C(N)=O)cc2)n1. The molecule has 0 spiro atoms. The number of aryl methyl sites for hydroxylation is 1. The zero-order chi connectivity index (χ0) is 21.3. The average Bonchev–Trinajstić information content (AvgIpc) is 3.36. The monoisotopic (exact) mass is 440 g/mol. The van der Waals surface area contributed by atoms with Gasteiger partial charge in [-0.05, 0) is 48.9 Å². The summed E-state index contributed by atoms with van der Waals surface area (Å²) in [5.41, 5.74) is 9.22. The zero-order valence-corrected chi connectivity index (χ0v) is 17.5. The van der Waals surface area contributed by atoms with Crippen LogP contribution in [-0.2, 0) is 6.42 Å². The van der Waals surface area contributed by atoms with Crippen molar-refractivity contribution in [2.24, 2.45) is 5.73 Å². The number of carbonyl (C=O) groups is 1. The Bertz CT molecular complexity index is 1190. The van der Waals surface area contributed by atoms with Gasteiger partial charge in [-0.2, -0.15) is 10.2 Å². The van der Waals surface area contributed by atoms with Gasteiger partial charge in [0.05, 0.1) is 33.3 Å². The Balaban J connectivity index is 1.64. The molecule has 2 aromatic carbocycles. The molecule has 1 amide bonds. The quantitative estimate of drug-likeness (QED) is 0.451. The molecule has 0 aliphatic carbocycles. The smallest absolute Gasteiger partial charge is 0.271 e. The lowest BCUT2D eigenvalue weighted by atomic mass is 10.2. The number of hydrogen-bond donors (Lipinski definition) is 2. The van der Waals surface area contributed by atoms with E-state index in [1.807, 2.05) is 41.2 Å². The molecular weight excluding hydrogens is 423 g/mol. The van der Waals surface area contributed by atoms with E-state index in [4.69, 9.17) is 28.9 Å². The van der Waals surface area contributed by atoms with E-state index in [0.29, 0.717) is 21.4 Å². The van der Waals surface area contributed by atoms with Crippen molar-refractivity contribution in [1.29, 1.82) is 0 Å². The van der Waals surface area contributed by atoms with E-state index in [1.165, 1.54) is 4.68 Å². The number of para-hydroxylation sites is 1. The van der Waals surface area contributed by atoms with E-state index in [-0.39, 0.29) is 5.69 Å². The van der Waals surface area contributed by atoms with E-state index >= 15 is 0 Å². The molecule has 0 aliphatic heterocycles. The number of carbonyl (C=O) groups excluding carboxylic acids is 1. The van der Waals surface area contributed by atoms with Gasteiger partial charge in [-0.1, -0.05) is 36.2 Å². The van der Waals surface area contributed by atoms with Crippen molar-refractivity contribution in [1.82, 2.24) is 19.6 Å². The maximum Gasteiger partial charge on any atom is 0.271 e. The third kappa shape index (κ3) is 3.90. The second kappa shape index (κ2) is 8.22. The predicted octanol–water partition coefficient (Wildman–Crippen LogP) is 4.77. The first-order valence-corrected chi connectivity index (χ1v) is 9.97. The van der Waals surface area contributed by atoms with Crippen LogP contribution < -0.4 is 11.1 Å². The van der Waals surface area contributed by atoms with Gasteiger partial charge in [0, 0.05) is 11.9 Å². The minimum absolute atomic E-state index is 0.0785. The van der Waals surface area contributed by atoms with Crippen LogP contribution in [0.2, 0.25) is 10.0 Å². The molecule has 0 aliphatic rings. The summed E-state index contributed by atoms with van der Waals surface area (Å²) < 4.78 is 3.26. The summed E-state index contributed by atoms with van der Waals surface area (Å²) in [5.74, 6) is -0.667. The molecule has 0 fully saturated rings. The fourth-order valence-electron chi connectivity index (χ4n) is 3.02. The van der Waals surface area contributed by atoms with E-state index < -0.39 is 5.91 Å². The number of halogens is 2. The summed E-state index contributed by atoms with van der Waals surface area (Å²) in [6.45, 7) is 2.06. The van der Waals surface area contributed by atoms with E-state index in [2.05, 4.69) is 22.4 Å². The summed E-state index contributed by atoms with van der Waals surface area (Å²) in [6.07, 6.45) is 4.42. The van der Waals surface area contributed by atoms with Gasteiger partial charge in [-0.3, -0.25) is 4.79 Å². The number of rotatable bonds is 6. The first-order valence-electron chi connectivity index (χ1n) is 9.22. The van der Waals surface area contributed by atoms with Crippen LogP contribution in [-0.4, -0.2) is 25.5 Å². The number of benzene rings is 2. The van der Waals surface area contributed by atoms with Gasteiger partial charge in [0.25, 0.3) is 5.91 Å². The average molecular weight is 441 g/mol. The molecule has 4 aromatic rings. The standard InChI is InChI=1S/C21H18Cl2N6O/c1-2-13-10-11-28(26-13)15-8-6-14(7-9-15)25-18-12-29(27-19(18)21(24)30)20-16(22)4-3-5-17(20)23/h3-12,25H,2H2,1H3,(H2,24,30). The molecule has 7 nitrogen and oxygen atoms in total. The molecular formula is C21H18Cl2N6O. The normalized spacial score (nSPS) is 10.9. The Morgan fingerprint density at radius 1 is 1.03 bits per heavy atom. The Morgan fingerprint density at radius 2 is 1.73 bits per heavy atom. The first kappa shape index (κ1) is 20.0. The fourth-order valence-corrected chi connectivity index (χ4v) is 3.59. The van der Waals surface area contributed by atoms with Crippen molar-refractivity contribution in [3.8, 4) is 11.4 Å². The predicted molar refractivity (Wildman–Crippen MR) is 118 cm³/mol. The first-order chi connectivity index (χ1) is 14.5. The highest BCUT2D eigenvalue weighted by molar-refractivity contribution is 6.37. The molecule has 0 radical (unpaired) electrons. The van der Waals surface area contributed by atoms with E-state index in [9.17, 15) is 4.79 Å². The highest BCUT2D eigenvalue weighted by atomic mass is 35.5. The largest absolute Gasteiger partial charge is 0.364 e. The number of nitrogens with two attached hydrogens (primary N) is 1. The summed E-state index contributed by atoms with van der Waals surface area (Å²) >= 11 is 12.5. The van der Waals surface area contributed by atoms with Gasteiger partial charge in [0.2, 0.25) is 0 Å². The number of primary amides is 1. The number of nitrogens with one attached hydrogen (secondary N) is 1. The molecule has 30 heavy (non-hydrogen) atoms. The van der Waals surface area contributed by atoms with Crippen molar-refractivity contribution in [3.05, 3.63) is 82.4 Å². The Kier molecular flexibility index (Phi) is 5.48. The third-order valence-electron chi connectivity index (χ3n) is 4.53. The second-order valence-corrected chi connectivity index (χ2v) is 7.36. The minimum Gasteiger partial charge on any atom is -0.364 e. The zero-order valence-electron chi connectivity index (χ0n) is 16.0. The van der Waals surface area contributed by atoms with Crippen LogP contribution in [0.3, 0.4) is 0 Å². The molecule has 0 saturated carbocycles. The lowest BCUT2D eigenvalue weighted by Crippen LogP contribution is -2.14. The van der Waals surface area contributed by atoms with Crippen LogP contribution in [0.1, 0.15) is 23.1 Å². The Labute approximate surface area is 183 Å². The van der Waals surface area contributed by atoms with Crippen LogP contribution in [0.15, 0.2) is 60.9 Å². The van der Waals surface area contributed by atoms with Crippen molar-refractivity contribution in [2.75, 3.05) is 5.32 Å². The lowest BCUT2D eigenvalue weighted by Gasteiger charge is -2.07. The molecule has 0 saturated heterocycles. The third-order valence-corrected chi connectivity index (χ3v) is 5.14. The lowest BCUT2D eigenvalue weighted by molar-refractivity contribution is 0.0996. The Hall–Kier alpha value is -3.29. The number of anilines is 2. The molecule has 2 heterocycles. The van der Waals surface area contributed by atoms with Crippen LogP contribution >= 0.6 is 23.2 Å². The fraction of sp³-hybridized carbons (Fsp3) is 0.0952. The van der Waals surface area contributed by atoms with Crippen molar-refractivity contribution >= 4 is 40.5 Å². The molecule has 152 valence electrons. The molecule has 0 unspecified atom stereocenters. The highest BCUT2D eigenvalue weighted by Gasteiger charge is 2.18. The van der Waals surface area contributed by atoms with Gasteiger partial charge in [-0.25, -0.2) is 9.36 Å². The summed E-state index contributed by atoms with van der Waals surface area (Å²) in [5, 5.41) is 12.8. The van der Waals surface area contributed by atoms with Crippen molar-refractivity contribution in [3.63, 3.8) is 0 Å². The van der Waals surface area contributed by atoms with Crippen LogP contribution in [0, 0.1) is 0 Å². The minimum atomic E-state index is -0.667. The van der Waals surface area contributed by atoms with Crippen LogP contribution in [0.5, 0.6) is 0 Å². The van der Waals surface area contributed by atoms with Crippen molar-refractivity contribution in [2.45, 2.75) is 13.3 Å².